The summed E-state index contributed by atoms with van der Waals surface area (Å²) in [4.78, 5) is 23.1. The summed E-state index contributed by atoms with van der Waals surface area (Å²) in [5.41, 5.74) is 3.32. The maximum Gasteiger partial charge on any atom is 0.322 e. The summed E-state index contributed by atoms with van der Waals surface area (Å²) in [5.74, 6) is -0.152. The summed E-state index contributed by atoms with van der Waals surface area (Å²) in [5, 5.41) is 7.77. The van der Waals surface area contributed by atoms with Crippen molar-refractivity contribution in [2.24, 2.45) is 0 Å². The van der Waals surface area contributed by atoms with Crippen molar-refractivity contribution in [1.82, 2.24) is 9.78 Å². The van der Waals surface area contributed by atoms with Crippen LogP contribution in [0.25, 0.3) is 5.69 Å². The first-order valence-corrected chi connectivity index (χ1v) is 8.73. The number of esters is 2. The largest absolute Gasteiger partial charge is 0.469 e. The lowest BCUT2D eigenvalue weighted by molar-refractivity contribution is -0.148. The number of hydrogen-bond donors (Lipinski definition) is 1. The molecule has 0 amide bonds. The van der Waals surface area contributed by atoms with Gasteiger partial charge in [0.1, 0.15) is 12.2 Å². The lowest BCUT2D eigenvalue weighted by atomic mass is 10.1. The molecule has 2 aromatic carbocycles. The molecule has 7 nitrogen and oxygen atoms in total. The second kappa shape index (κ2) is 8.39. The minimum atomic E-state index is -0.652. The molecule has 3 aromatic rings. The lowest BCUT2D eigenvalue weighted by Gasteiger charge is -2.13. The standard InChI is InChI=1S/C21H21N3O4/c1-14-11-16(12-15(2)21(14)28-20(26)13-19(25)27-3)22-18-9-10-24(23-18)17-7-5-4-6-8-17/h4-12H,13H2,1-3H3,(H,22,23). The van der Waals surface area contributed by atoms with Crippen molar-refractivity contribution in [1.29, 1.82) is 0 Å². The molecule has 0 aliphatic heterocycles. The molecule has 0 fully saturated rings. The van der Waals surface area contributed by atoms with Crippen molar-refractivity contribution < 1.29 is 19.1 Å². The van der Waals surface area contributed by atoms with Crippen molar-refractivity contribution >= 4 is 23.4 Å². The van der Waals surface area contributed by atoms with E-state index in [2.05, 4.69) is 15.2 Å². The Morgan fingerprint density at radius 2 is 1.71 bits per heavy atom. The van der Waals surface area contributed by atoms with Crippen LogP contribution in [0.2, 0.25) is 0 Å². The minimum absolute atomic E-state index is 0.424. The molecule has 0 saturated heterocycles. The number of rotatable bonds is 6. The molecule has 1 aromatic heterocycles. The third-order valence-electron chi connectivity index (χ3n) is 4.07. The fourth-order valence-electron chi connectivity index (χ4n) is 2.79. The Hall–Kier alpha value is -3.61. The highest BCUT2D eigenvalue weighted by molar-refractivity contribution is 5.92. The van der Waals surface area contributed by atoms with Gasteiger partial charge in [-0.25, -0.2) is 4.68 Å². The molecular weight excluding hydrogens is 358 g/mol. The Morgan fingerprint density at radius 3 is 2.36 bits per heavy atom. The molecule has 3 rings (SSSR count). The smallest absolute Gasteiger partial charge is 0.322 e. The Labute approximate surface area is 162 Å². The number of ether oxygens (including phenoxy) is 2. The van der Waals surface area contributed by atoms with E-state index in [4.69, 9.17) is 4.74 Å². The molecule has 144 valence electrons. The quantitative estimate of drug-likeness (QED) is 0.399. The molecular formula is C21H21N3O4. The molecule has 0 radical (unpaired) electrons. The first-order chi connectivity index (χ1) is 13.5. The normalized spacial score (nSPS) is 10.4. The van der Waals surface area contributed by atoms with E-state index in [9.17, 15) is 9.59 Å². The molecule has 1 heterocycles. The Balaban J connectivity index is 1.73. The van der Waals surface area contributed by atoms with Crippen molar-refractivity contribution in [3.05, 3.63) is 65.9 Å². The number of aryl methyl sites for hydroxylation is 2. The average Bonchev–Trinajstić information content (AvgIpc) is 3.14. The summed E-state index contributed by atoms with van der Waals surface area (Å²) >= 11 is 0. The molecule has 0 unspecified atom stereocenters. The predicted octanol–water partition coefficient (Wildman–Crippen LogP) is 3.70. The SMILES string of the molecule is COC(=O)CC(=O)Oc1c(C)cc(Nc2ccn(-c3ccccc3)n2)cc1C. The van der Waals surface area contributed by atoms with Gasteiger partial charge in [-0.1, -0.05) is 18.2 Å². The number of para-hydroxylation sites is 1. The number of carbonyl (C=O) groups is 2. The molecule has 0 saturated carbocycles. The van der Waals surface area contributed by atoms with Crippen LogP contribution in [0.15, 0.2) is 54.7 Å². The molecule has 0 aliphatic rings. The first kappa shape index (κ1) is 19.2. The van der Waals surface area contributed by atoms with Gasteiger partial charge in [-0.3, -0.25) is 9.59 Å². The maximum atomic E-state index is 11.8. The number of anilines is 2. The number of nitrogens with zero attached hydrogens (tertiary/aromatic N) is 2. The van der Waals surface area contributed by atoms with Crippen molar-refractivity contribution in [2.45, 2.75) is 20.3 Å². The topological polar surface area (TPSA) is 82.5 Å². The molecule has 0 bridgehead atoms. The van der Waals surface area contributed by atoms with Gasteiger partial charge in [0.25, 0.3) is 0 Å². The zero-order valence-corrected chi connectivity index (χ0v) is 15.9. The third-order valence-corrected chi connectivity index (χ3v) is 4.07. The molecule has 1 N–H and O–H groups in total. The Kier molecular flexibility index (Phi) is 5.74. The summed E-state index contributed by atoms with van der Waals surface area (Å²) in [6, 6.07) is 15.4. The highest BCUT2D eigenvalue weighted by Crippen LogP contribution is 2.29. The van der Waals surface area contributed by atoms with Gasteiger partial charge in [-0.05, 0) is 49.2 Å². The van der Waals surface area contributed by atoms with Gasteiger partial charge >= 0.3 is 11.9 Å². The van der Waals surface area contributed by atoms with Crippen LogP contribution in [0.1, 0.15) is 17.5 Å². The van der Waals surface area contributed by atoms with Gasteiger partial charge in [0.2, 0.25) is 0 Å². The van der Waals surface area contributed by atoms with Gasteiger partial charge in [-0.15, -0.1) is 0 Å². The molecule has 0 atom stereocenters. The van der Waals surface area contributed by atoms with E-state index < -0.39 is 18.4 Å². The van der Waals surface area contributed by atoms with E-state index in [1.54, 1.807) is 4.68 Å². The van der Waals surface area contributed by atoms with E-state index >= 15 is 0 Å². The van der Waals surface area contributed by atoms with E-state index in [0.29, 0.717) is 11.6 Å². The van der Waals surface area contributed by atoms with Crippen molar-refractivity contribution in [2.75, 3.05) is 12.4 Å². The number of benzene rings is 2. The van der Waals surface area contributed by atoms with Crippen LogP contribution in [-0.4, -0.2) is 28.8 Å². The van der Waals surface area contributed by atoms with Gasteiger partial charge in [0, 0.05) is 18.0 Å². The fraction of sp³-hybridized carbons (Fsp3) is 0.190. The number of nitrogens with one attached hydrogen (secondary N) is 1. The molecule has 7 heteroatoms. The van der Waals surface area contributed by atoms with Crippen LogP contribution in [0.4, 0.5) is 11.5 Å². The molecule has 0 spiro atoms. The number of methoxy groups -OCH3 is 1. The highest BCUT2D eigenvalue weighted by Gasteiger charge is 2.15. The maximum absolute atomic E-state index is 11.8. The summed E-state index contributed by atoms with van der Waals surface area (Å²) in [6.07, 6.45) is 1.45. The van der Waals surface area contributed by atoms with Crippen LogP contribution < -0.4 is 10.1 Å². The monoisotopic (exact) mass is 379 g/mol. The van der Waals surface area contributed by atoms with Gasteiger partial charge in [0.15, 0.2) is 5.82 Å². The van der Waals surface area contributed by atoms with Crippen LogP contribution in [0, 0.1) is 13.8 Å². The number of aromatic nitrogens is 2. The zero-order valence-electron chi connectivity index (χ0n) is 15.9. The average molecular weight is 379 g/mol. The van der Waals surface area contributed by atoms with Gasteiger partial charge in [0.05, 0.1) is 12.8 Å². The highest BCUT2D eigenvalue weighted by atomic mass is 16.5. The zero-order chi connectivity index (χ0) is 20.1. The van der Waals surface area contributed by atoms with Crippen LogP contribution in [0.5, 0.6) is 5.75 Å². The second-order valence-electron chi connectivity index (χ2n) is 6.27. The Morgan fingerprint density at radius 1 is 1.04 bits per heavy atom. The molecule has 0 aliphatic carbocycles. The summed E-state index contributed by atoms with van der Waals surface area (Å²) in [7, 11) is 1.23. The van der Waals surface area contributed by atoms with Crippen molar-refractivity contribution in [3.8, 4) is 11.4 Å². The summed E-state index contributed by atoms with van der Waals surface area (Å²) < 4.78 is 11.6. The number of carbonyl (C=O) groups excluding carboxylic acids is 2. The van der Waals surface area contributed by atoms with Crippen LogP contribution in [0.3, 0.4) is 0 Å². The van der Waals surface area contributed by atoms with Gasteiger partial charge < -0.3 is 14.8 Å². The molecule has 28 heavy (non-hydrogen) atoms. The van der Waals surface area contributed by atoms with Gasteiger partial charge in [-0.2, -0.15) is 5.10 Å². The van der Waals surface area contributed by atoms with Crippen LogP contribution >= 0.6 is 0 Å². The minimum Gasteiger partial charge on any atom is -0.469 e. The predicted molar refractivity (Wildman–Crippen MR) is 105 cm³/mol. The summed E-state index contributed by atoms with van der Waals surface area (Å²) in [6.45, 7) is 3.67. The van der Waals surface area contributed by atoms with Crippen LogP contribution in [-0.2, 0) is 14.3 Å². The fourth-order valence-corrected chi connectivity index (χ4v) is 2.79. The van der Waals surface area contributed by atoms with E-state index in [0.717, 1.165) is 22.5 Å². The number of hydrogen-bond acceptors (Lipinski definition) is 6. The second-order valence-corrected chi connectivity index (χ2v) is 6.27. The lowest BCUT2D eigenvalue weighted by Crippen LogP contribution is -2.16. The third kappa shape index (κ3) is 4.56. The first-order valence-electron chi connectivity index (χ1n) is 8.73. The van der Waals surface area contributed by atoms with Crippen molar-refractivity contribution in [3.63, 3.8) is 0 Å². The van der Waals surface area contributed by atoms with E-state index in [1.165, 1.54) is 7.11 Å². The van der Waals surface area contributed by atoms with E-state index in [-0.39, 0.29) is 0 Å². The van der Waals surface area contributed by atoms with E-state index in [1.807, 2.05) is 68.6 Å². The Bertz CT molecular complexity index is 973.